The molecule has 0 unspecified atom stereocenters. The van der Waals surface area contributed by atoms with Gasteiger partial charge in [-0.1, -0.05) is 83.3 Å². The second-order valence-electron chi connectivity index (χ2n) is 8.57. The van der Waals surface area contributed by atoms with Crippen molar-refractivity contribution >= 4 is 44.8 Å². The van der Waals surface area contributed by atoms with Gasteiger partial charge in [0.25, 0.3) is 0 Å². The van der Waals surface area contributed by atoms with E-state index in [9.17, 15) is 19.8 Å². The zero-order valence-electron chi connectivity index (χ0n) is 20.5. The molecule has 0 bridgehead atoms. The van der Waals surface area contributed by atoms with Crippen LogP contribution in [0.3, 0.4) is 0 Å². The number of nitrogens with zero attached hydrogens (tertiary/aromatic N) is 4. The maximum atomic E-state index is 12.2. The monoisotopic (exact) mass is 552 g/mol. The number of amides is 2. The van der Waals surface area contributed by atoms with Crippen LogP contribution in [0.2, 0.25) is 0 Å². The molecule has 4 rings (SSSR count). The Labute approximate surface area is 227 Å². The van der Waals surface area contributed by atoms with Crippen LogP contribution < -0.4 is 10.6 Å². The van der Waals surface area contributed by atoms with Crippen molar-refractivity contribution in [2.24, 2.45) is 0 Å². The molecule has 2 aromatic heterocycles. The first kappa shape index (κ1) is 27.5. The number of aromatic nitrogens is 4. The molecule has 0 radical (unpaired) electrons. The van der Waals surface area contributed by atoms with E-state index in [-0.39, 0.29) is 24.7 Å². The number of unbranched alkanes of at least 4 members (excludes halogenated alkanes) is 1. The summed E-state index contributed by atoms with van der Waals surface area (Å²) in [4.78, 5) is 24.5. The number of carbonyl (C=O) groups excluding carboxylic acids is 2. The summed E-state index contributed by atoms with van der Waals surface area (Å²) in [6.45, 7) is 0. The Bertz CT molecular complexity index is 1210. The van der Waals surface area contributed by atoms with Gasteiger partial charge < -0.3 is 20.8 Å². The lowest BCUT2D eigenvalue weighted by molar-refractivity contribution is -0.119. The van der Waals surface area contributed by atoms with Crippen LogP contribution in [0.5, 0.6) is 0 Å². The smallest absolute Gasteiger partial charge is 0.229 e. The third kappa shape index (κ3) is 8.48. The molecule has 4 N–H and O–H groups in total. The second kappa shape index (κ2) is 13.8. The summed E-state index contributed by atoms with van der Waals surface area (Å²) in [5.74, 6) is -0.643. The fourth-order valence-corrected chi connectivity index (χ4v) is 5.24. The van der Waals surface area contributed by atoms with Gasteiger partial charge in [0.05, 0.1) is 25.0 Å². The van der Waals surface area contributed by atoms with E-state index >= 15 is 0 Å². The first-order valence-corrected chi connectivity index (χ1v) is 13.8. The number of aliphatic hydroxyl groups excluding tert-OH is 2. The van der Waals surface area contributed by atoms with Gasteiger partial charge in [-0.15, -0.1) is 20.4 Å². The zero-order valence-corrected chi connectivity index (χ0v) is 22.1. The van der Waals surface area contributed by atoms with Crippen molar-refractivity contribution in [3.8, 4) is 0 Å². The Kier molecular flexibility index (Phi) is 9.98. The molecule has 0 aliphatic rings. The molecule has 0 aliphatic heterocycles. The zero-order chi connectivity index (χ0) is 26.7. The number of hydrogen-bond donors (Lipinski definition) is 4. The maximum Gasteiger partial charge on any atom is 0.229 e. The molecular formula is C26H28N6O4S2. The highest BCUT2D eigenvalue weighted by atomic mass is 32.1. The van der Waals surface area contributed by atoms with E-state index in [4.69, 9.17) is 0 Å². The van der Waals surface area contributed by atoms with E-state index in [0.717, 1.165) is 22.9 Å². The highest BCUT2D eigenvalue weighted by molar-refractivity contribution is 7.15. The predicted molar refractivity (Wildman–Crippen MR) is 146 cm³/mol. The summed E-state index contributed by atoms with van der Waals surface area (Å²) in [6.07, 6.45) is 1.24. The molecule has 0 fully saturated rings. The molecule has 38 heavy (non-hydrogen) atoms. The third-order valence-corrected chi connectivity index (χ3v) is 7.38. The van der Waals surface area contributed by atoms with Crippen LogP contribution in [0.1, 0.15) is 59.0 Å². The van der Waals surface area contributed by atoms with Crippen molar-refractivity contribution in [1.29, 1.82) is 0 Å². The van der Waals surface area contributed by atoms with E-state index in [1.54, 1.807) is 24.3 Å². The van der Waals surface area contributed by atoms with Crippen molar-refractivity contribution in [1.82, 2.24) is 20.4 Å². The second-order valence-corrected chi connectivity index (χ2v) is 10.7. The SMILES string of the molecule is O=C(C[C@@H](O)c1ccccc1)Nc1nnc(CCCCc2nnc(NC(=O)C[C@@H](O)c3ccccc3)s2)s1. The Morgan fingerprint density at radius 2 is 1.05 bits per heavy atom. The Morgan fingerprint density at radius 1 is 0.658 bits per heavy atom. The van der Waals surface area contributed by atoms with Crippen LogP contribution >= 0.6 is 22.7 Å². The highest BCUT2D eigenvalue weighted by Gasteiger charge is 2.16. The minimum absolute atomic E-state index is 0.0587. The summed E-state index contributed by atoms with van der Waals surface area (Å²) in [7, 11) is 0. The summed E-state index contributed by atoms with van der Waals surface area (Å²) in [5.41, 5.74) is 1.37. The average Bonchev–Trinajstić information content (AvgIpc) is 3.56. The molecular weight excluding hydrogens is 524 g/mol. The molecule has 4 aromatic rings. The highest BCUT2D eigenvalue weighted by Crippen LogP contribution is 2.23. The van der Waals surface area contributed by atoms with Crippen LogP contribution in [0.4, 0.5) is 10.3 Å². The molecule has 0 aliphatic carbocycles. The van der Waals surface area contributed by atoms with Gasteiger partial charge in [-0.2, -0.15) is 0 Å². The first-order valence-electron chi connectivity index (χ1n) is 12.2. The number of aliphatic hydroxyl groups is 2. The quantitative estimate of drug-likeness (QED) is 0.181. The minimum Gasteiger partial charge on any atom is -0.388 e. The van der Waals surface area contributed by atoms with Gasteiger partial charge in [0, 0.05) is 12.8 Å². The van der Waals surface area contributed by atoms with Gasteiger partial charge in [0.2, 0.25) is 22.1 Å². The Hall–Kier alpha value is -3.58. The number of hydrogen-bond acceptors (Lipinski definition) is 10. The number of carbonyl (C=O) groups is 2. The minimum atomic E-state index is -0.876. The fraction of sp³-hybridized carbons (Fsp3) is 0.308. The van der Waals surface area contributed by atoms with Crippen LogP contribution in [0.25, 0.3) is 0 Å². The lowest BCUT2D eigenvalue weighted by Gasteiger charge is -2.09. The standard InChI is InChI=1S/C26H28N6O4S2/c33-19(17-9-3-1-4-10-17)15-21(35)27-25-31-29-23(37-25)13-7-8-14-24-30-32-26(38-24)28-22(36)16-20(34)18-11-5-2-6-12-18/h1-6,9-12,19-20,33-34H,7-8,13-16H2,(H,27,31,35)(H,28,32,36)/t19-,20-/m1/s1. The van der Waals surface area contributed by atoms with Gasteiger partial charge in [-0.25, -0.2) is 0 Å². The number of rotatable bonds is 13. The van der Waals surface area contributed by atoms with Gasteiger partial charge >= 0.3 is 0 Å². The van der Waals surface area contributed by atoms with Crippen LogP contribution in [0, 0.1) is 0 Å². The van der Waals surface area contributed by atoms with Gasteiger partial charge in [0.15, 0.2) is 0 Å². The molecule has 12 heteroatoms. The van der Waals surface area contributed by atoms with Crippen molar-refractivity contribution in [2.75, 3.05) is 10.6 Å². The van der Waals surface area contributed by atoms with E-state index in [1.807, 2.05) is 36.4 Å². The van der Waals surface area contributed by atoms with Crippen molar-refractivity contribution in [3.63, 3.8) is 0 Å². The first-order chi connectivity index (χ1) is 18.5. The van der Waals surface area contributed by atoms with Crippen LogP contribution in [-0.2, 0) is 22.4 Å². The summed E-state index contributed by atoms with van der Waals surface area (Å²) in [6, 6.07) is 18.1. The van der Waals surface area contributed by atoms with Crippen LogP contribution in [-0.4, -0.2) is 42.4 Å². The molecule has 0 saturated carbocycles. The fourth-order valence-electron chi connectivity index (χ4n) is 3.64. The molecule has 2 aromatic carbocycles. The number of aryl methyl sites for hydroxylation is 2. The summed E-state index contributed by atoms with van der Waals surface area (Å²) in [5, 5.41) is 44.5. The topological polar surface area (TPSA) is 150 Å². The van der Waals surface area contributed by atoms with Crippen LogP contribution in [0.15, 0.2) is 60.7 Å². The molecule has 0 saturated heterocycles. The van der Waals surface area contributed by atoms with Crippen molar-refractivity contribution in [3.05, 3.63) is 81.8 Å². The Morgan fingerprint density at radius 3 is 1.45 bits per heavy atom. The van der Waals surface area contributed by atoms with E-state index in [0.29, 0.717) is 34.2 Å². The van der Waals surface area contributed by atoms with Crippen molar-refractivity contribution in [2.45, 2.75) is 50.7 Å². The lowest BCUT2D eigenvalue weighted by atomic mass is 10.1. The normalized spacial score (nSPS) is 12.6. The summed E-state index contributed by atoms with van der Waals surface area (Å²) < 4.78 is 0. The summed E-state index contributed by atoms with van der Waals surface area (Å²) >= 11 is 2.63. The van der Waals surface area contributed by atoms with Gasteiger partial charge in [0.1, 0.15) is 10.0 Å². The largest absolute Gasteiger partial charge is 0.388 e. The van der Waals surface area contributed by atoms with Gasteiger partial charge in [-0.3, -0.25) is 9.59 Å². The third-order valence-electron chi connectivity index (χ3n) is 5.58. The lowest BCUT2D eigenvalue weighted by Crippen LogP contribution is -2.15. The molecule has 2 amide bonds. The predicted octanol–water partition coefficient (Wildman–Crippen LogP) is 4.08. The molecule has 198 valence electrons. The maximum absolute atomic E-state index is 12.2. The molecule has 10 nitrogen and oxygen atoms in total. The average molecular weight is 553 g/mol. The van der Waals surface area contributed by atoms with Gasteiger partial charge in [-0.05, 0) is 24.0 Å². The molecule has 0 spiro atoms. The van der Waals surface area contributed by atoms with E-state index in [2.05, 4.69) is 31.0 Å². The molecule has 2 heterocycles. The number of benzene rings is 2. The Balaban J connectivity index is 1.14. The number of nitrogens with one attached hydrogen (secondary N) is 2. The van der Waals surface area contributed by atoms with E-state index in [1.165, 1.54) is 22.7 Å². The van der Waals surface area contributed by atoms with Crippen molar-refractivity contribution < 1.29 is 19.8 Å². The number of anilines is 2. The van der Waals surface area contributed by atoms with E-state index < -0.39 is 12.2 Å². The molecule has 2 atom stereocenters.